The van der Waals surface area contributed by atoms with Crippen molar-refractivity contribution < 1.29 is 4.39 Å². The summed E-state index contributed by atoms with van der Waals surface area (Å²) in [7, 11) is 0. The van der Waals surface area contributed by atoms with Crippen LogP contribution in [0.4, 0.5) is 4.39 Å². The fourth-order valence-electron chi connectivity index (χ4n) is 1.50. The molecule has 0 bridgehead atoms. The minimum atomic E-state index is -0.556. The third-order valence-electron chi connectivity index (χ3n) is 2.17. The lowest BCUT2D eigenvalue weighted by molar-refractivity contribution is 0.225. The molecule has 1 aliphatic rings. The van der Waals surface area contributed by atoms with Gasteiger partial charge in [-0.15, -0.1) is 0 Å². The molecule has 0 amide bonds. The lowest BCUT2D eigenvalue weighted by Crippen LogP contribution is -2.18. The molecule has 10 heavy (non-hydrogen) atoms. The van der Waals surface area contributed by atoms with Crippen LogP contribution in [0.3, 0.4) is 0 Å². The van der Waals surface area contributed by atoms with Gasteiger partial charge >= 0.3 is 0 Å². The molecule has 1 nitrogen and oxygen atoms in total. The van der Waals surface area contributed by atoms with Gasteiger partial charge in [-0.25, -0.2) is 4.39 Å². The van der Waals surface area contributed by atoms with Gasteiger partial charge in [0.05, 0.1) is 0 Å². The van der Waals surface area contributed by atoms with Crippen molar-refractivity contribution in [3.8, 4) is 0 Å². The second kappa shape index (κ2) is 3.91. The fraction of sp³-hybridized carbons (Fsp3) is 1.00. The Bertz CT molecular complexity index is 89.3. The average molecular weight is 145 g/mol. The Morgan fingerprint density at radius 1 is 1.70 bits per heavy atom. The van der Waals surface area contributed by atoms with E-state index in [1.807, 2.05) is 6.92 Å². The standard InChI is InChI=1S/C8H16FN/c1-2-3-8(9)7-4-5-10-6-7/h7-8,10H,2-6H2,1H3. The highest BCUT2D eigenvalue weighted by Gasteiger charge is 2.23. The maximum absolute atomic E-state index is 13.1. The predicted octanol–water partition coefficient (Wildman–Crippen LogP) is 1.73. The van der Waals surface area contributed by atoms with Crippen molar-refractivity contribution in [3.63, 3.8) is 0 Å². The molecular formula is C8H16FN. The van der Waals surface area contributed by atoms with Crippen molar-refractivity contribution in [2.45, 2.75) is 32.4 Å². The topological polar surface area (TPSA) is 12.0 Å². The molecule has 1 saturated heterocycles. The van der Waals surface area contributed by atoms with Gasteiger partial charge in [-0.2, -0.15) is 0 Å². The van der Waals surface area contributed by atoms with E-state index < -0.39 is 6.17 Å². The summed E-state index contributed by atoms with van der Waals surface area (Å²) in [5, 5.41) is 3.17. The fourth-order valence-corrected chi connectivity index (χ4v) is 1.50. The van der Waals surface area contributed by atoms with Crippen molar-refractivity contribution in [2.75, 3.05) is 13.1 Å². The maximum atomic E-state index is 13.1. The van der Waals surface area contributed by atoms with Crippen molar-refractivity contribution in [1.82, 2.24) is 5.32 Å². The van der Waals surface area contributed by atoms with E-state index in [9.17, 15) is 4.39 Å². The Hall–Kier alpha value is -0.110. The molecule has 1 aliphatic heterocycles. The molecule has 2 heteroatoms. The van der Waals surface area contributed by atoms with Crippen LogP contribution in [0.25, 0.3) is 0 Å². The van der Waals surface area contributed by atoms with Crippen LogP contribution in [0.2, 0.25) is 0 Å². The number of alkyl halides is 1. The van der Waals surface area contributed by atoms with Crippen LogP contribution >= 0.6 is 0 Å². The molecule has 60 valence electrons. The van der Waals surface area contributed by atoms with Crippen LogP contribution in [0.5, 0.6) is 0 Å². The van der Waals surface area contributed by atoms with E-state index in [-0.39, 0.29) is 0 Å². The molecule has 1 heterocycles. The van der Waals surface area contributed by atoms with Gasteiger partial charge in [-0.1, -0.05) is 13.3 Å². The first-order valence-electron chi connectivity index (χ1n) is 4.19. The van der Waals surface area contributed by atoms with Crippen molar-refractivity contribution in [1.29, 1.82) is 0 Å². The first-order chi connectivity index (χ1) is 4.84. The highest BCUT2D eigenvalue weighted by atomic mass is 19.1. The highest BCUT2D eigenvalue weighted by Crippen LogP contribution is 2.19. The Morgan fingerprint density at radius 2 is 2.50 bits per heavy atom. The Morgan fingerprint density at radius 3 is 3.00 bits per heavy atom. The summed E-state index contributed by atoms with van der Waals surface area (Å²) in [5.41, 5.74) is 0. The SMILES string of the molecule is CCCC(F)C1CCNC1. The lowest BCUT2D eigenvalue weighted by Gasteiger charge is -2.12. The van der Waals surface area contributed by atoms with Gasteiger partial charge in [0.1, 0.15) is 6.17 Å². The lowest BCUT2D eigenvalue weighted by atomic mass is 9.99. The largest absolute Gasteiger partial charge is 0.316 e. The number of nitrogens with one attached hydrogen (secondary N) is 1. The van der Waals surface area contributed by atoms with Crippen molar-refractivity contribution in [2.24, 2.45) is 5.92 Å². The molecule has 0 aromatic rings. The molecule has 0 aromatic carbocycles. The first kappa shape index (κ1) is 7.99. The summed E-state index contributed by atoms with van der Waals surface area (Å²) < 4.78 is 13.1. The second-order valence-electron chi connectivity index (χ2n) is 3.06. The summed E-state index contributed by atoms with van der Waals surface area (Å²) in [6.07, 6.45) is 2.19. The van der Waals surface area contributed by atoms with E-state index in [1.54, 1.807) is 0 Å². The van der Waals surface area contributed by atoms with Gasteiger partial charge in [0, 0.05) is 12.5 Å². The second-order valence-corrected chi connectivity index (χ2v) is 3.06. The summed E-state index contributed by atoms with van der Waals surface area (Å²) in [5.74, 6) is 0.306. The smallest absolute Gasteiger partial charge is 0.104 e. The van der Waals surface area contributed by atoms with Gasteiger partial charge < -0.3 is 5.32 Å². The molecular weight excluding hydrogens is 129 g/mol. The third-order valence-corrected chi connectivity index (χ3v) is 2.17. The van der Waals surface area contributed by atoms with Gasteiger partial charge in [0.25, 0.3) is 0 Å². The van der Waals surface area contributed by atoms with Gasteiger partial charge in [0.2, 0.25) is 0 Å². The zero-order valence-electron chi connectivity index (χ0n) is 6.57. The number of halogens is 1. The zero-order valence-corrected chi connectivity index (χ0v) is 6.57. The van der Waals surface area contributed by atoms with Crippen molar-refractivity contribution in [3.05, 3.63) is 0 Å². The van der Waals surface area contributed by atoms with E-state index in [1.165, 1.54) is 0 Å². The quantitative estimate of drug-likeness (QED) is 0.637. The number of hydrogen-bond donors (Lipinski definition) is 1. The average Bonchev–Trinajstić information content (AvgIpc) is 2.38. The molecule has 0 radical (unpaired) electrons. The first-order valence-corrected chi connectivity index (χ1v) is 4.19. The minimum Gasteiger partial charge on any atom is -0.316 e. The van der Waals surface area contributed by atoms with E-state index >= 15 is 0 Å². The van der Waals surface area contributed by atoms with E-state index in [4.69, 9.17) is 0 Å². The molecule has 1 N–H and O–H groups in total. The minimum absolute atomic E-state index is 0.306. The van der Waals surface area contributed by atoms with Crippen LogP contribution in [-0.2, 0) is 0 Å². The molecule has 1 fully saturated rings. The summed E-state index contributed by atoms with van der Waals surface area (Å²) >= 11 is 0. The Balaban J connectivity index is 2.18. The molecule has 0 aliphatic carbocycles. The molecule has 0 aromatic heterocycles. The maximum Gasteiger partial charge on any atom is 0.104 e. The summed E-state index contributed by atoms with van der Waals surface area (Å²) in [6, 6.07) is 0. The highest BCUT2D eigenvalue weighted by molar-refractivity contribution is 4.77. The normalized spacial score (nSPS) is 28.8. The molecule has 0 saturated carbocycles. The van der Waals surface area contributed by atoms with Crippen LogP contribution in [0.1, 0.15) is 26.2 Å². The molecule has 1 rings (SSSR count). The van der Waals surface area contributed by atoms with E-state index in [2.05, 4.69) is 5.32 Å². The van der Waals surface area contributed by atoms with E-state index in [0.717, 1.165) is 32.4 Å². The summed E-state index contributed by atoms with van der Waals surface area (Å²) in [4.78, 5) is 0. The molecule has 2 unspecified atom stereocenters. The zero-order chi connectivity index (χ0) is 7.40. The van der Waals surface area contributed by atoms with Crippen LogP contribution in [0.15, 0.2) is 0 Å². The van der Waals surface area contributed by atoms with E-state index in [0.29, 0.717) is 5.92 Å². The van der Waals surface area contributed by atoms with Gasteiger partial charge in [-0.05, 0) is 19.4 Å². The van der Waals surface area contributed by atoms with Gasteiger partial charge in [-0.3, -0.25) is 0 Å². The molecule has 2 atom stereocenters. The summed E-state index contributed by atoms with van der Waals surface area (Å²) in [6.45, 7) is 3.94. The van der Waals surface area contributed by atoms with Gasteiger partial charge in [0.15, 0.2) is 0 Å². The van der Waals surface area contributed by atoms with Crippen LogP contribution < -0.4 is 5.32 Å². The monoisotopic (exact) mass is 145 g/mol. The third kappa shape index (κ3) is 1.94. The van der Waals surface area contributed by atoms with Crippen molar-refractivity contribution >= 4 is 0 Å². The predicted molar refractivity (Wildman–Crippen MR) is 40.8 cm³/mol. The van der Waals surface area contributed by atoms with Crippen LogP contribution in [0, 0.1) is 5.92 Å². The Kier molecular flexibility index (Phi) is 3.13. The number of rotatable bonds is 3. The number of hydrogen-bond acceptors (Lipinski definition) is 1. The Labute approximate surface area is 62.0 Å². The molecule has 0 spiro atoms. The van der Waals surface area contributed by atoms with Crippen LogP contribution in [-0.4, -0.2) is 19.3 Å².